The minimum absolute atomic E-state index is 0.0863. The molecule has 0 aliphatic carbocycles. The van der Waals surface area contributed by atoms with Crippen LogP contribution in [0.3, 0.4) is 0 Å². The standard InChI is InChI=1S/C11H12FN5/c1-17(8-4-2-3-7(12)5-8)10-6-9(13)15-11(14)16-10/h2-6H,1H3,(H4,13,14,15,16). The first-order valence-corrected chi connectivity index (χ1v) is 4.95. The van der Waals surface area contributed by atoms with Crippen LogP contribution in [0.5, 0.6) is 0 Å². The third kappa shape index (κ3) is 2.41. The summed E-state index contributed by atoms with van der Waals surface area (Å²) >= 11 is 0. The van der Waals surface area contributed by atoms with Gasteiger partial charge in [-0.05, 0) is 18.2 Å². The predicted molar refractivity (Wildman–Crippen MR) is 65.3 cm³/mol. The number of nitrogen functional groups attached to an aromatic ring is 2. The largest absolute Gasteiger partial charge is 0.383 e. The van der Waals surface area contributed by atoms with Gasteiger partial charge in [-0.2, -0.15) is 9.97 Å². The topological polar surface area (TPSA) is 81.1 Å². The molecule has 0 amide bonds. The van der Waals surface area contributed by atoms with Crippen molar-refractivity contribution < 1.29 is 4.39 Å². The van der Waals surface area contributed by atoms with Gasteiger partial charge in [-0.25, -0.2) is 4.39 Å². The van der Waals surface area contributed by atoms with Crippen molar-refractivity contribution >= 4 is 23.3 Å². The third-order valence-electron chi connectivity index (χ3n) is 2.29. The van der Waals surface area contributed by atoms with Crippen molar-refractivity contribution in [1.82, 2.24) is 9.97 Å². The molecule has 17 heavy (non-hydrogen) atoms. The zero-order chi connectivity index (χ0) is 12.4. The molecule has 0 aliphatic heterocycles. The molecule has 0 spiro atoms. The van der Waals surface area contributed by atoms with Gasteiger partial charge in [-0.3, -0.25) is 0 Å². The van der Waals surface area contributed by atoms with Crippen molar-refractivity contribution in [3.05, 3.63) is 36.1 Å². The second-order valence-electron chi connectivity index (χ2n) is 3.55. The van der Waals surface area contributed by atoms with Crippen molar-refractivity contribution in [3.8, 4) is 0 Å². The van der Waals surface area contributed by atoms with Crippen molar-refractivity contribution in [3.63, 3.8) is 0 Å². The lowest BCUT2D eigenvalue weighted by atomic mass is 10.3. The van der Waals surface area contributed by atoms with E-state index in [1.165, 1.54) is 12.1 Å². The Labute approximate surface area is 97.9 Å². The number of nitrogens with zero attached hydrogens (tertiary/aromatic N) is 3. The Kier molecular flexibility index (Phi) is 2.78. The maximum atomic E-state index is 13.1. The van der Waals surface area contributed by atoms with Crippen LogP contribution in [-0.4, -0.2) is 17.0 Å². The molecule has 5 nitrogen and oxygen atoms in total. The van der Waals surface area contributed by atoms with E-state index in [4.69, 9.17) is 11.5 Å². The number of anilines is 4. The fourth-order valence-electron chi connectivity index (χ4n) is 1.46. The highest BCUT2D eigenvalue weighted by Crippen LogP contribution is 2.23. The van der Waals surface area contributed by atoms with E-state index < -0.39 is 0 Å². The van der Waals surface area contributed by atoms with E-state index in [9.17, 15) is 4.39 Å². The van der Waals surface area contributed by atoms with Crippen molar-refractivity contribution in [2.24, 2.45) is 0 Å². The fourth-order valence-corrected chi connectivity index (χ4v) is 1.46. The summed E-state index contributed by atoms with van der Waals surface area (Å²) in [5.74, 6) is 0.559. The SMILES string of the molecule is CN(c1cccc(F)c1)c1cc(N)nc(N)n1. The molecule has 2 aromatic rings. The third-order valence-corrected chi connectivity index (χ3v) is 2.29. The number of nitrogens with two attached hydrogens (primary N) is 2. The molecule has 0 atom stereocenters. The molecule has 0 radical (unpaired) electrons. The zero-order valence-corrected chi connectivity index (χ0v) is 9.26. The normalized spacial score (nSPS) is 10.2. The summed E-state index contributed by atoms with van der Waals surface area (Å²) in [6.45, 7) is 0. The number of benzene rings is 1. The Morgan fingerprint density at radius 2 is 1.94 bits per heavy atom. The number of aromatic nitrogens is 2. The Bertz CT molecular complexity index is 523. The second-order valence-corrected chi connectivity index (χ2v) is 3.55. The van der Waals surface area contributed by atoms with E-state index in [0.717, 1.165) is 0 Å². The van der Waals surface area contributed by atoms with Gasteiger partial charge in [0.2, 0.25) is 5.95 Å². The van der Waals surface area contributed by atoms with Crippen LogP contribution in [0.1, 0.15) is 0 Å². The molecule has 1 aromatic carbocycles. The highest BCUT2D eigenvalue weighted by atomic mass is 19.1. The van der Waals surface area contributed by atoms with E-state index in [2.05, 4.69) is 9.97 Å². The first-order valence-electron chi connectivity index (χ1n) is 4.95. The van der Waals surface area contributed by atoms with Gasteiger partial charge < -0.3 is 16.4 Å². The summed E-state index contributed by atoms with van der Waals surface area (Å²) in [6.07, 6.45) is 0. The van der Waals surface area contributed by atoms with Crippen LogP contribution < -0.4 is 16.4 Å². The van der Waals surface area contributed by atoms with Gasteiger partial charge in [0.15, 0.2) is 0 Å². The minimum atomic E-state index is -0.315. The summed E-state index contributed by atoms with van der Waals surface area (Å²) in [5.41, 5.74) is 11.7. The summed E-state index contributed by atoms with van der Waals surface area (Å²) < 4.78 is 13.1. The highest BCUT2D eigenvalue weighted by Gasteiger charge is 2.08. The summed E-state index contributed by atoms with van der Waals surface area (Å²) in [7, 11) is 1.75. The molecule has 0 saturated carbocycles. The van der Waals surface area contributed by atoms with Crippen LogP contribution in [0.25, 0.3) is 0 Å². The van der Waals surface area contributed by atoms with Gasteiger partial charge in [0.1, 0.15) is 17.5 Å². The first kappa shape index (κ1) is 11.1. The molecule has 6 heteroatoms. The van der Waals surface area contributed by atoms with Gasteiger partial charge in [0.25, 0.3) is 0 Å². The molecular formula is C11H12FN5. The lowest BCUT2D eigenvalue weighted by Gasteiger charge is -2.18. The van der Waals surface area contributed by atoms with E-state index in [-0.39, 0.29) is 17.6 Å². The molecule has 0 unspecified atom stereocenters. The molecule has 0 bridgehead atoms. The zero-order valence-electron chi connectivity index (χ0n) is 9.26. The minimum Gasteiger partial charge on any atom is -0.383 e. The molecule has 1 aromatic heterocycles. The maximum Gasteiger partial charge on any atom is 0.223 e. The number of hydrogen-bond acceptors (Lipinski definition) is 5. The Morgan fingerprint density at radius 1 is 1.18 bits per heavy atom. The monoisotopic (exact) mass is 233 g/mol. The van der Waals surface area contributed by atoms with Crippen molar-refractivity contribution in [2.45, 2.75) is 0 Å². The number of halogens is 1. The van der Waals surface area contributed by atoms with Crippen molar-refractivity contribution in [1.29, 1.82) is 0 Å². The molecule has 0 fully saturated rings. The molecule has 88 valence electrons. The lowest BCUT2D eigenvalue weighted by molar-refractivity contribution is 0.628. The first-order chi connectivity index (χ1) is 8.06. The van der Waals surface area contributed by atoms with Crippen LogP contribution in [0, 0.1) is 5.82 Å². The number of rotatable bonds is 2. The van der Waals surface area contributed by atoms with Gasteiger partial charge in [-0.1, -0.05) is 6.07 Å². The second kappa shape index (κ2) is 4.25. The van der Waals surface area contributed by atoms with Gasteiger partial charge >= 0.3 is 0 Å². The van der Waals surface area contributed by atoms with Crippen LogP contribution >= 0.6 is 0 Å². The van der Waals surface area contributed by atoms with E-state index in [1.54, 1.807) is 30.1 Å². The van der Waals surface area contributed by atoms with Crippen molar-refractivity contribution in [2.75, 3.05) is 23.4 Å². The van der Waals surface area contributed by atoms with Crippen LogP contribution in [0.4, 0.5) is 27.7 Å². The molecule has 1 heterocycles. The van der Waals surface area contributed by atoms with E-state index >= 15 is 0 Å². The average molecular weight is 233 g/mol. The summed E-state index contributed by atoms with van der Waals surface area (Å²) in [5, 5.41) is 0. The highest BCUT2D eigenvalue weighted by molar-refractivity contribution is 5.62. The molecule has 0 saturated heterocycles. The van der Waals surface area contributed by atoms with Crippen LogP contribution in [0.15, 0.2) is 30.3 Å². The van der Waals surface area contributed by atoms with Crippen LogP contribution in [0.2, 0.25) is 0 Å². The summed E-state index contributed by atoms with van der Waals surface area (Å²) in [6, 6.07) is 7.72. The molecule has 0 aliphatic rings. The number of hydrogen-bond donors (Lipinski definition) is 2. The smallest absolute Gasteiger partial charge is 0.223 e. The Hall–Kier alpha value is -2.37. The molecule has 4 N–H and O–H groups in total. The van der Waals surface area contributed by atoms with Gasteiger partial charge in [0.05, 0.1) is 0 Å². The average Bonchev–Trinajstić information content (AvgIpc) is 2.26. The van der Waals surface area contributed by atoms with E-state index in [0.29, 0.717) is 11.5 Å². The molecule has 2 rings (SSSR count). The van der Waals surface area contributed by atoms with Crippen LogP contribution in [-0.2, 0) is 0 Å². The summed E-state index contributed by atoms with van der Waals surface area (Å²) in [4.78, 5) is 9.48. The van der Waals surface area contributed by atoms with Gasteiger partial charge in [0, 0.05) is 18.8 Å². The molecular weight excluding hydrogens is 221 g/mol. The van der Waals surface area contributed by atoms with E-state index in [1.807, 2.05) is 0 Å². The Morgan fingerprint density at radius 3 is 2.59 bits per heavy atom. The predicted octanol–water partition coefficient (Wildman–Crippen LogP) is 1.55. The maximum absolute atomic E-state index is 13.1. The van der Waals surface area contributed by atoms with Gasteiger partial charge in [-0.15, -0.1) is 0 Å². The quantitative estimate of drug-likeness (QED) is 0.822. The Balaban J connectivity index is 2.39. The fraction of sp³-hybridized carbons (Fsp3) is 0.0909. The lowest BCUT2D eigenvalue weighted by Crippen LogP contribution is -2.13.